The number of nitrogens with one attached hydrogen (secondary N) is 2. The monoisotopic (exact) mass is 385 g/mol. The molecule has 0 saturated heterocycles. The van der Waals surface area contributed by atoms with Gasteiger partial charge in [0.05, 0.1) is 10.0 Å². The quantitative estimate of drug-likeness (QED) is 0.545. The second-order valence-electron chi connectivity index (χ2n) is 4.85. The molecular formula is C16H17Cl2N3S2. The summed E-state index contributed by atoms with van der Waals surface area (Å²) in [6.07, 6.45) is 1.74. The zero-order valence-corrected chi connectivity index (χ0v) is 15.7. The first-order valence-corrected chi connectivity index (χ1v) is 9.36. The van der Waals surface area contributed by atoms with Crippen molar-refractivity contribution in [1.82, 2.24) is 10.3 Å². The van der Waals surface area contributed by atoms with E-state index in [1.807, 2.05) is 37.3 Å². The lowest BCUT2D eigenvalue weighted by molar-refractivity contribution is 0.987. The summed E-state index contributed by atoms with van der Waals surface area (Å²) in [4.78, 5) is 4.25. The van der Waals surface area contributed by atoms with E-state index in [9.17, 15) is 0 Å². The van der Waals surface area contributed by atoms with E-state index >= 15 is 0 Å². The minimum absolute atomic E-state index is 0.585. The Labute approximate surface area is 156 Å². The molecule has 0 atom stereocenters. The van der Waals surface area contributed by atoms with E-state index in [2.05, 4.69) is 15.6 Å². The molecule has 7 heteroatoms. The number of anilines is 1. The summed E-state index contributed by atoms with van der Waals surface area (Å²) in [6, 6.07) is 9.61. The van der Waals surface area contributed by atoms with Crippen molar-refractivity contribution in [2.75, 3.05) is 17.6 Å². The molecule has 0 saturated carbocycles. The molecule has 1 heterocycles. The zero-order valence-electron chi connectivity index (χ0n) is 12.6. The number of benzene rings is 1. The van der Waals surface area contributed by atoms with Crippen LogP contribution in [0.2, 0.25) is 10.0 Å². The highest BCUT2D eigenvalue weighted by atomic mass is 35.5. The summed E-state index contributed by atoms with van der Waals surface area (Å²) >= 11 is 19.0. The van der Waals surface area contributed by atoms with Crippen LogP contribution in [0.1, 0.15) is 11.1 Å². The number of nitrogens with zero attached hydrogens (tertiary/aromatic N) is 1. The van der Waals surface area contributed by atoms with Crippen LogP contribution in [0, 0.1) is 6.92 Å². The summed E-state index contributed by atoms with van der Waals surface area (Å²) in [6.45, 7) is 2.77. The minimum Gasteiger partial charge on any atom is -0.362 e. The van der Waals surface area contributed by atoms with Crippen LogP contribution >= 0.6 is 47.2 Å². The molecule has 0 spiro atoms. The molecule has 0 radical (unpaired) electrons. The molecule has 3 nitrogen and oxygen atoms in total. The van der Waals surface area contributed by atoms with Crippen LogP contribution in [0.25, 0.3) is 0 Å². The number of hydrogen-bond donors (Lipinski definition) is 2. The summed E-state index contributed by atoms with van der Waals surface area (Å²) in [5, 5.41) is 8.05. The van der Waals surface area contributed by atoms with Crippen molar-refractivity contribution < 1.29 is 0 Å². The fourth-order valence-electron chi connectivity index (χ4n) is 1.82. The first-order valence-electron chi connectivity index (χ1n) is 7.04. The predicted octanol–water partition coefficient (Wildman–Crippen LogP) is 4.92. The largest absolute Gasteiger partial charge is 0.362 e. The Balaban J connectivity index is 1.66. The Hall–Kier alpha value is -1.01. The van der Waals surface area contributed by atoms with Gasteiger partial charge >= 0.3 is 0 Å². The van der Waals surface area contributed by atoms with Gasteiger partial charge in [-0.1, -0.05) is 35.3 Å². The van der Waals surface area contributed by atoms with E-state index in [1.54, 1.807) is 18.0 Å². The SMILES string of the molecule is Cc1cccnc1NC(=S)NCCSCc1ccc(Cl)c(Cl)c1. The lowest BCUT2D eigenvalue weighted by Gasteiger charge is -2.11. The summed E-state index contributed by atoms with van der Waals surface area (Å²) < 4.78 is 0. The lowest BCUT2D eigenvalue weighted by atomic mass is 10.2. The third-order valence-corrected chi connectivity index (χ3v) is 5.04. The van der Waals surface area contributed by atoms with E-state index in [1.165, 1.54) is 0 Å². The molecule has 2 aromatic rings. The van der Waals surface area contributed by atoms with E-state index in [-0.39, 0.29) is 0 Å². The first-order chi connectivity index (χ1) is 11.1. The summed E-state index contributed by atoms with van der Waals surface area (Å²) in [5.41, 5.74) is 2.22. The number of halogens is 2. The normalized spacial score (nSPS) is 10.4. The fourth-order valence-corrected chi connectivity index (χ4v) is 3.15. The van der Waals surface area contributed by atoms with Gasteiger partial charge in [-0.2, -0.15) is 11.8 Å². The first kappa shape index (κ1) is 18.3. The van der Waals surface area contributed by atoms with Crippen LogP contribution in [-0.4, -0.2) is 22.4 Å². The molecule has 0 unspecified atom stereocenters. The topological polar surface area (TPSA) is 37.0 Å². The number of aryl methyl sites for hydroxylation is 1. The maximum absolute atomic E-state index is 6.00. The van der Waals surface area contributed by atoms with Gasteiger partial charge < -0.3 is 10.6 Å². The molecule has 0 aliphatic heterocycles. The van der Waals surface area contributed by atoms with Gasteiger partial charge in [0.15, 0.2) is 5.11 Å². The Bertz CT molecular complexity index is 680. The van der Waals surface area contributed by atoms with Crippen molar-refractivity contribution >= 4 is 58.1 Å². The third-order valence-electron chi connectivity index (χ3n) is 3.03. The van der Waals surface area contributed by atoms with Crippen molar-refractivity contribution in [2.24, 2.45) is 0 Å². The van der Waals surface area contributed by atoms with Crippen molar-refractivity contribution in [1.29, 1.82) is 0 Å². The van der Waals surface area contributed by atoms with Crippen LogP contribution in [0.5, 0.6) is 0 Å². The Morgan fingerprint density at radius 1 is 1.26 bits per heavy atom. The fraction of sp³-hybridized carbons (Fsp3) is 0.250. The highest BCUT2D eigenvalue weighted by Gasteiger charge is 2.02. The molecule has 23 heavy (non-hydrogen) atoms. The number of thioether (sulfide) groups is 1. The van der Waals surface area contributed by atoms with Gasteiger partial charge in [-0.05, 0) is 48.5 Å². The molecule has 1 aromatic heterocycles. The van der Waals surface area contributed by atoms with Crippen LogP contribution in [0.15, 0.2) is 36.5 Å². The van der Waals surface area contributed by atoms with Gasteiger partial charge in [0.1, 0.15) is 5.82 Å². The van der Waals surface area contributed by atoms with Crippen LogP contribution in [0.3, 0.4) is 0 Å². The standard InChI is InChI=1S/C16H17Cl2N3S2/c1-11-3-2-6-19-15(11)21-16(22)20-7-8-23-10-12-4-5-13(17)14(18)9-12/h2-6,9H,7-8,10H2,1H3,(H2,19,20,21,22). The van der Waals surface area contributed by atoms with Gasteiger partial charge in [-0.15, -0.1) is 0 Å². The molecule has 0 aliphatic rings. The predicted molar refractivity (Wildman–Crippen MR) is 106 cm³/mol. The highest BCUT2D eigenvalue weighted by Crippen LogP contribution is 2.24. The Kier molecular flexibility index (Phi) is 7.43. The van der Waals surface area contributed by atoms with Gasteiger partial charge in [0, 0.05) is 24.2 Å². The Morgan fingerprint density at radius 3 is 2.83 bits per heavy atom. The van der Waals surface area contributed by atoms with Crippen LogP contribution in [-0.2, 0) is 5.75 Å². The van der Waals surface area contributed by atoms with Gasteiger partial charge in [0.25, 0.3) is 0 Å². The number of thiocarbonyl (C=S) groups is 1. The number of hydrogen-bond acceptors (Lipinski definition) is 3. The average Bonchev–Trinajstić information content (AvgIpc) is 2.53. The smallest absolute Gasteiger partial charge is 0.171 e. The minimum atomic E-state index is 0.585. The molecule has 0 fully saturated rings. The van der Waals surface area contributed by atoms with E-state index < -0.39 is 0 Å². The average molecular weight is 386 g/mol. The van der Waals surface area contributed by atoms with Crippen LogP contribution in [0.4, 0.5) is 5.82 Å². The molecule has 0 aliphatic carbocycles. The van der Waals surface area contributed by atoms with Crippen molar-refractivity contribution in [3.8, 4) is 0 Å². The number of pyridine rings is 1. The van der Waals surface area contributed by atoms with Crippen molar-refractivity contribution in [3.05, 3.63) is 57.7 Å². The molecule has 0 bridgehead atoms. The van der Waals surface area contributed by atoms with E-state index in [0.717, 1.165) is 35.0 Å². The van der Waals surface area contributed by atoms with Crippen molar-refractivity contribution in [3.63, 3.8) is 0 Å². The van der Waals surface area contributed by atoms with E-state index in [0.29, 0.717) is 15.2 Å². The van der Waals surface area contributed by atoms with E-state index in [4.69, 9.17) is 35.4 Å². The highest BCUT2D eigenvalue weighted by molar-refractivity contribution is 7.98. The molecular weight excluding hydrogens is 369 g/mol. The molecule has 2 N–H and O–H groups in total. The number of aromatic nitrogens is 1. The van der Waals surface area contributed by atoms with Gasteiger partial charge in [0.2, 0.25) is 0 Å². The molecule has 2 rings (SSSR count). The van der Waals surface area contributed by atoms with Gasteiger partial charge in [-0.25, -0.2) is 4.98 Å². The molecule has 0 amide bonds. The van der Waals surface area contributed by atoms with Crippen LogP contribution < -0.4 is 10.6 Å². The second kappa shape index (κ2) is 9.33. The third kappa shape index (κ3) is 6.18. The van der Waals surface area contributed by atoms with Crippen molar-refractivity contribution in [2.45, 2.75) is 12.7 Å². The summed E-state index contributed by atoms with van der Waals surface area (Å²) in [7, 11) is 0. The maximum Gasteiger partial charge on any atom is 0.171 e. The number of rotatable bonds is 6. The zero-order chi connectivity index (χ0) is 16.7. The lowest BCUT2D eigenvalue weighted by Crippen LogP contribution is -2.30. The molecule has 1 aromatic carbocycles. The van der Waals surface area contributed by atoms with Gasteiger partial charge in [-0.3, -0.25) is 0 Å². The summed E-state index contributed by atoms with van der Waals surface area (Å²) in [5.74, 6) is 2.61. The maximum atomic E-state index is 6.00. The molecule has 122 valence electrons. The Morgan fingerprint density at radius 2 is 2.09 bits per heavy atom. The second-order valence-corrected chi connectivity index (χ2v) is 7.18.